The molecule has 3 amide bonds. The van der Waals surface area contributed by atoms with Crippen LogP contribution in [0.3, 0.4) is 0 Å². The maximum absolute atomic E-state index is 14.9. The van der Waals surface area contributed by atoms with Crippen molar-refractivity contribution in [2.45, 2.75) is 76.3 Å². The number of rotatable bonds is 12. The molecular formula is C37H47N3O6. The number of aliphatic hydroxyl groups excluding tert-OH is 1. The van der Waals surface area contributed by atoms with Gasteiger partial charge in [0.1, 0.15) is 17.4 Å². The third kappa shape index (κ3) is 5.43. The van der Waals surface area contributed by atoms with Crippen molar-refractivity contribution in [1.29, 1.82) is 0 Å². The molecule has 9 heteroatoms. The highest BCUT2D eigenvalue weighted by molar-refractivity contribution is 6.03. The lowest BCUT2D eigenvalue weighted by atomic mass is 9.66. The van der Waals surface area contributed by atoms with Gasteiger partial charge in [-0.15, -0.1) is 13.2 Å². The molecule has 3 heterocycles. The molecule has 3 aliphatic rings. The number of ether oxygens (including phenoxy) is 2. The van der Waals surface area contributed by atoms with Gasteiger partial charge >= 0.3 is 0 Å². The normalized spacial score (nSPS) is 27.2. The summed E-state index contributed by atoms with van der Waals surface area (Å²) in [4.78, 5) is 49.4. The van der Waals surface area contributed by atoms with E-state index in [-0.39, 0.29) is 30.8 Å². The summed E-state index contributed by atoms with van der Waals surface area (Å²) < 4.78 is 12.5. The highest BCUT2D eigenvalue weighted by Crippen LogP contribution is 2.64. The second kappa shape index (κ2) is 12.7. The average molecular weight is 630 g/mol. The zero-order valence-corrected chi connectivity index (χ0v) is 27.6. The van der Waals surface area contributed by atoms with Crippen LogP contribution >= 0.6 is 0 Å². The van der Waals surface area contributed by atoms with Crippen molar-refractivity contribution in [3.8, 4) is 5.75 Å². The third-order valence-corrected chi connectivity index (χ3v) is 9.83. The monoisotopic (exact) mass is 629 g/mol. The van der Waals surface area contributed by atoms with Crippen molar-refractivity contribution in [1.82, 2.24) is 9.80 Å². The van der Waals surface area contributed by atoms with Crippen LogP contribution in [-0.4, -0.2) is 81.7 Å². The summed E-state index contributed by atoms with van der Waals surface area (Å²) in [6.07, 6.45) is 4.26. The van der Waals surface area contributed by atoms with E-state index in [1.54, 1.807) is 22.0 Å². The summed E-state index contributed by atoms with van der Waals surface area (Å²) in [6, 6.07) is 14.6. The zero-order chi connectivity index (χ0) is 33.4. The van der Waals surface area contributed by atoms with E-state index in [0.717, 1.165) is 0 Å². The lowest BCUT2D eigenvalue weighted by Crippen LogP contribution is -2.60. The largest absolute Gasteiger partial charge is 0.494 e. The first kappa shape index (κ1) is 33.4. The molecule has 6 atom stereocenters. The van der Waals surface area contributed by atoms with E-state index in [4.69, 9.17) is 9.47 Å². The van der Waals surface area contributed by atoms with Crippen LogP contribution in [-0.2, 0) is 19.1 Å². The molecule has 246 valence electrons. The Morgan fingerprint density at radius 3 is 2.28 bits per heavy atom. The SMILES string of the molecule is C=CCN(C(=O)[C@@H]1[C@H]2C(=O)N([C@H](CO)c3ccccc3)C(C(=O)N(CC=C)C(C)(C)C)C23CC[C@@]1(C)O3)c1ccc(OCC)cc1. The third-order valence-electron chi connectivity index (χ3n) is 9.83. The quantitative estimate of drug-likeness (QED) is 0.335. The Kier molecular flexibility index (Phi) is 9.21. The second-order valence-electron chi connectivity index (χ2n) is 13.7. The molecule has 0 aliphatic carbocycles. The van der Waals surface area contributed by atoms with Crippen molar-refractivity contribution >= 4 is 23.4 Å². The lowest BCUT2D eigenvalue weighted by Gasteiger charge is -2.43. The van der Waals surface area contributed by atoms with Gasteiger partial charge < -0.3 is 29.3 Å². The van der Waals surface area contributed by atoms with E-state index in [9.17, 15) is 19.5 Å². The molecule has 0 saturated carbocycles. The molecule has 2 bridgehead atoms. The number of hydrogen-bond acceptors (Lipinski definition) is 6. The number of likely N-dealkylation sites (tertiary alicyclic amines) is 1. The second-order valence-corrected chi connectivity index (χ2v) is 13.7. The molecule has 5 rings (SSSR count). The van der Waals surface area contributed by atoms with Gasteiger partial charge in [-0.25, -0.2) is 0 Å². The molecule has 0 radical (unpaired) electrons. The highest BCUT2D eigenvalue weighted by atomic mass is 16.5. The molecule has 0 aromatic heterocycles. The van der Waals surface area contributed by atoms with Crippen molar-refractivity contribution in [3.63, 3.8) is 0 Å². The summed E-state index contributed by atoms with van der Waals surface area (Å²) in [5.41, 5.74) is -1.48. The van der Waals surface area contributed by atoms with Crippen molar-refractivity contribution in [2.75, 3.05) is 31.2 Å². The summed E-state index contributed by atoms with van der Waals surface area (Å²) >= 11 is 0. The zero-order valence-electron chi connectivity index (χ0n) is 27.6. The minimum Gasteiger partial charge on any atom is -0.494 e. The van der Waals surface area contributed by atoms with E-state index in [0.29, 0.717) is 36.4 Å². The first-order valence-electron chi connectivity index (χ1n) is 16.1. The minimum absolute atomic E-state index is 0.222. The molecular weight excluding hydrogens is 582 g/mol. The Balaban J connectivity index is 1.64. The molecule has 9 nitrogen and oxygen atoms in total. The van der Waals surface area contributed by atoms with E-state index in [1.165, 1.54) is 4.90 Å². The smallest absolute Gasteiger partial charge is 0.249 e. The number of hydrogen-bond donors (Lipinski definition) is 1. The highest BCUT2D eigenvalue weighted by Gasteiger charge is 2.79. The number of nitrogens with zero attached hydrogens (tertiary/aromatic N) is 3. The van der Waals surface area contributed by atoms with E-state index in [2.05, 4.69) is 13.2 Å². The van der Waals surface area contributed by atoms with Crippen molar-refractivity contribution < 1.29 is 29.0 Å². The van der Waals surface area contributed by atoms with Gasteiger partial charge in [0.15, 0.2) is 0 Å². The van der Waals surface area contributed by atoms with Gasteiger partial charge in [-0.05, 0) is 77.3 Å². The Bertz CT molecular complexity index is 1470. The Hall–Kier alpha value is -3.95. The number of fused-ring (bicyclic) bond motifs is 1. The number of amides is 3. The molecule has 2 aromatic rings. The van der Waals surface area contributed by atoms with Crippen LogP contribution < -0.4 is 9.64 Å². The molecule has 1 N–H and O–H groups in total. The number of anilines is 1. The fourth-order valence-electron chi connectivity index (χ4n) is 7.86. The predicted molar refractivity (Wildman–Crippen MR) is 177 cm³/mol. The molecule has 3 saturated heterocycles. The number of benzene rings is 2. The average Bonchev–Trinajstić information content (AvgIpc) is 3.60. The number of aliphatic hydroxyl groups is 1. The fraction of sp³-hybridized carbons (Fsp3) is 0.486. The van der Waals surface area contributed by atoms with Gasteiger partial charge in [0, 0.05) is 24.3 Å². The van der Waals surface area contributed by atoms with Gasteiger partial charge in [-0.2, -0.15) is 0 Å². The summed E-state index contributed by atoms with van der Waals surface area (Å²) in [5, 5.41) is 10.8. The van der Waals surface area contributed by atoms with Crippen molar-refractivity contribution in [2.24, 2.45) is 11.8 Å². The molecule has 3 aliphatic heterocycles. The molecule has 2 unspecified atom stereocenters. The Labute approximate surface area is 272 Å². The maximum Gasteiger partial charge on any atom is 0.249 e. The molecule has 46 heavy (non-hydrogen) atoms. The van der Waals surface area contributed by atoms with Crippen LogP contribution in [0.25, 0.3) is 0 Å². The fourth-order valence-corrected chi connectivity index (χ4v) is 7.86. The van der Waals surface area contributed by atoms with Crippen molar-refractivity contribution in [3.05, 3.63) is 85.5 Å². The first-order chi connectivity index (χ1) is 21.9. The van der Waals surface area contributed by atoms with Gasteiger partial charge in [0.25, 0.3) is 0 Å². The lowest BCUT2D eigenvalue weighted by molar-refractivity contribution is -0.158. The molecule has 1 spiro atoms. The van der Waals surface area contributed by atoms with Gasteiger partial charge in [0.05, 0.1) is 36.7 Å². The van der Waals surface area contributed by atoms with Crippen LogP contribution in [0.4, 0.5) is 5.69 Å². The van der Waals surface area contributed by atoms with Crippen LogP contribution in [0.1, 0.15) is 59.1 Å². The molecule has 3 fully saturated rings. The standard InChI is InChI=1S/C37H47N3O6/c1-8-22-38(26-16-18-27(19-17-26)45-10-3)32(42)29-30-33(43)40(28(24-41)25-14-12-11-13-15-25)31(37(30)21-20-36(29,7)46-37)34(44)39(23-9-2)35(4,5)6/h8-9,11-19,28-31,41H,1-2,10,20-24H2,3-7H3/t28-,29+,30+,31?,36-,37?/m1/s1. The van der Waals surface area contributed by atoms with E-state index >= 15 is 0 Å². The summed E-state index contributed by atoms with van der Waals surface area (Å²) in [6.45, 7) is 18.0. The van der Waals surface area contributed by atoms with Gasteiger partial charge in [-0.1, -0.05) is 42.5 Å². The Morgan fingerprint density at radius 1 is 1.07 bits per heavy atom. The summed E-state index contributed by atoms with van der Waals surface area (Å²) in [7, 11) is 0. The van der Waals surface area contributed by atoms with E-state index in [1.807, 2.05) is 89.2 Å². The molecule has 2 aromatic carbocycles. The van der Waals surface area contributed by atoms with E-state index < -0.39 is 47.3 Å². The van der Waals surface area contributed by atoms with Crippen LogP contribution in [0, 0.1) is 11.8 Å². The van der Waals surface area contributed by atoms with Gasteiger partial charge in [0.2, 0.25) is 17.7 Å². The maximum atomic E-state index is 14.9. The van der Waals surface area contributed by atoms with Crippen LogP contribution in [0.15, 0.2) is 79.9 Å². The summed E-state index contributed by atoms with van der Waals surface area (Å²) in [5.74, 6) is -2.01. The minimum atomic E-state index is -1.26. The first-order valence-corrected chi connectivity index (χ1v) is 16.1. The van der Waals surface area contributed by atoms with Gasteiger partial charge in [-0.3, -0.25) is 14.4 Å². The Morgan fingerprint density at radius 2 is 1.72 bits per heavy atom. The van der Waals surface area contributed by atoms with Crippen LogP contribution in [0.5, 0.6) is 5.75 Å². The number of carbonyl (C=O) groups excluding carboxylic acids is 3. The van der Waals surface area contributed by atoms with Crippen LogP contribution in [0.2, 0.25) is 0 Å². The predicted octanol–water partition coefficient (Wildman–Crippen LogP) is 4.92. The topological polar surface area (TPSA) is 99.6 Å². The number of carbonyl (C=O) groups is 3.